The first kappa shape index (κ1) is 12.0. The van der Waals surface area contributed by atoms with Crippen LogP contribution in [0, 0.1) is 0 Å². The molecule has 0 aliphatic rings. The van der Waals surface area contributed by atoms with Gasteiger partial charge in [0, 0.05) is 10.8 Å². The van der Waals surface area contributed by atoms with Crippen LogP contribution in [0.2, 0.25) is 0 Å². The van der Waals surface area contributed by atoms with Crippen LogP contribution in [0.3, 0.4) is 0 Å². The standard InChI is InChI=1S/C15H20N2/c1-10(2)11-6-7-12-13(8-11)16-9-17-14(12)15(3,4)5/h6-10H,1-5H3. The summed E-state index contributed by atoms with van der Waals surface area (Å²) >= 11 is 0. The summed E-state index contributed by atoms with van der Waals surface area (Å²) in [6.07, 6.45) is 1.67. The fourth-order valence-corrected chi connectivity index (χ4v) is 2.03. The molecule has 2 heteroatoms. The van der Waals surface area contributed by atoms with E-state index in [0.717, 1.165) is 11.2 Å². The van der Waals surface area contributed by atoms with Crippen molar-refractivity contribution in [2.45, 2.75) is 46.0 Å². The highest BCUT2D eigenvalue weighted by Gasteiger charge is 2.18. The zero-order valence-corrected chi connectivity index (χ0v) is 11.3. The Balaban J connectivity index is 2.67. The fraction of sp³-hybridized carbons (Fsp3) is 0.467. The highest BCUT2D eigenvalue weighted by molar-refractivity contribution is 5.82. The Kier molecular flexibility index (Phi) is 2.90. The molecular weight excluding hydrogens is 208 g/mol. The summed E-state index contributed by atoms with van der Waals surface area (Å²) in [5.41, 5.74) is 3.56. The molecule has 0 saturated heterocycles. The van der Waals surface area contributed by atoms with Crippen LogP contribution in [0.1, 0.15) is 51.8 Å². The van der Waals surface area contributed by atoms with Crippen molar-refractivity contribution in [2.75, 3.05) is 0 Å². The minimum absolute atomic E-state index is 0.0561. The third-order valence-electron chi connectivity index (χ3n) is 3.04. The third kappa shape index (κ3) is 2.31. The number of hydrogen-bond donors (Lipinski definition) is 0. The Morgan fingerprint density at radius 1 is 1.06 bits per heavy atom. The number of nitrogens with zero attached hydrogens (tertiary/aromatic N) is 2. The summed E-state index contributed by atoms with van der Waals surface area (Å²) in [4.78, 5) is 8.83. The maximum atomic E-state index is 4.44. The average Bonchev–Trinajstić information content (AvgIpc) is 2.26. The van der Waals surface area contributed by atoms with Crippen molar-refractivity contribution in [3.05, 3.63) is 35.8 Å². The molecule has 17 heavy (non-hydrogen) atoms. The molecule has 1 heterocycles. The van der Waals surface area contributed by atoms with E-state index in [9.17, 15) is 0 Å². The lowest BCUT2D eigenvalue weighted by Crippen LogP contribution is -2.14. The molecular formula is C15H20N2. The molecule has 0 atom stereocenters. The number of benzene rings is 1. The average molecular weight is 228 g/mol. The van der Waals surface area contributed by atoms with Gasteiger partial charge in [-0.05, 0) is 17.5 Å². The molecule has 2 nitrogen and oxygen atoms in total. The molecule has 1 aromatic carbocycles. The Labute approximate surface area is 103 Å². The molecule has 0 bridgehead atoms. The first-order valence-corrected chi connectivity index (χ1v) is 6.15. The quantitative estimate of drug-likeness (QED) is 0.736. The van der Waals surface area contributed by atoms with Gasteiger partial charge >= 0.3 is 0 Å². The largest absolute Gasteiger partial charge is 0.240 e. The molecule has 0 aliphatic heterocycles. The maximum Gasteiger partial charge on any atom is 0.116 e. The van der Waals surface area contributed by atoms with Gasteiger partial charge in [-0.3, -0.25) is 0 Å². The van der Waals surface area contributed by atoms with Gasteiger partial charge in [0.1, 0.15) is 6.33 Å². The van der Waals surface area contributed by atoms with Gasteiger partial charge in [0.2, 0.25) is 0 Å². The van der Waals surface area contributed by atoms with E-state index in [1.54, 1.807) is 6.33 Å². The number of rotatable bonds is 1. The molecule has 1 aromatic heterocycles. The molecule has 0 aliphatic carbocycles. The molecule has 0 unspecified atom stereocenters. The van der Waals surface area contributed by atoms with Crippen LogP contribution in [-0.4, -0.2) is 9.97 Å². The number of aromatic nitrogens is 2. The third-order valence-corrected chi connectivity index (χ3v) is 3.04. The second-order valence-corrected chi connectivity index (χ2v) is 5.90. The Morgan fingerprint density at radius 3 is 2.35 bits per heavy atom. The van der Waals surface area contributed by atoms with Crippen LogP contribution < -0.4 is 0 Å². The van der Waals surface area contributed by atoms with Crippen LogP contribution >= 0.6 is 0 Å². The normalized spacial score (nSPS) is 12.4. The van der Waals surface area contributed by atoms with Crippen molar-refractivity contribution in [1.82, 2.24) is 9.97 Å². The zero-order valence-electron chi connectivity index (χ0n) is 11.3. The van der Waals surface area contributed by atoms with E-state index >= 15 is 0 Å². The molecule has 90 valence electrons. The lowest BCUT2D eigenvalue weighted by atomic mass is 9.88. The van der Waals surface area contributed by atoms with Gasteiger partial charge in [-0.25, -0.2) is 9.97 Å². The molecule has 2 rings (SSSR count). The first-order valence-electron chi connectivity index (χ1n) is 6.15. The van der Waals surface area contributed by atoms with Gasteiger partial charge in [0.05, 0.1) is 11.2 Å². The van der Waals surface area contributed by atoms with E-state index < -0.39 is 0 Å². The second-order valence-electron chi connectivity index (χ2n) is 5.90. The van der Waals surface area contributed by atoms with Crippen molar-refractivity contribution in [3.8, 4) is 0 Å². The molecule has 0 N–H and O–H groups in total. The summed E-state index contributed by atoms with van der Waals surface area (Å²) in [7, 11) is 0. The molecule has 0 radical (unpaired) electrons. The van der Waals surface area contributed by atoms with Crippen molar-refractivity contribution in [1.29, 1.82) is 0 Å². The van der Waals surface area contributed by atoms with Crippen molar-refractivity contribution >= 4 is 10.9 Å². The van der Waals surface area contributed by atoms with E-state index in [-0.39, 0.29) is 5.41 Å². The van der Waals surface area contributed by atoms with Gasteiger partial charge in [0.25, 0.3) is 0 Å². The molecule has 0 saturated carbocycles. The summed E-state index contributed by atoms with van der Waals surface area (Å²) < 4.78 is 0. The van der Waals surface area contributed by atoms with E-state index in [1.165, 1.54) is 10.9 Å². The van der Waals surface area contributed by atoms with Crippen molar-refractivity contribution < 1.29 is 0 Å². The van der Waals surface area contributed by atoms with E-state index in [0.29, 0.717) is 5.92 Å². The van der Waals surface area contributed by atoms with E-state index in [4.69, 9.17) is 0 Å². The molecule has 2 aromatic rings. The minimum atomic E-state index is 0.0561. The lowest BCUT2D eigenvalue weighted by Gasteiger charge is -2.19. The highest BCUT2D eigenvalue weighted by atomic mass is 14.8. The SMILES string of the molecule is CC(C)c1ccc2c(C(C)(C)C)ncnc2c1. The van der Waals surface area contributed by atoms with Crippen LogP contribution in [0.5, 0.6) is 0 Å². The molecule has 0 fully saturated rings. The summed E-state index contributed by atoms with van der Waals surface area (Å²) in [6.45, 7) is 11.0. The topological polar surface area (TPSA) is 25.8 Å². The zero-order chi connectivity index (χ0) is 12.6. The molecule has 0 amide bonds. The van der Waals surface area contributed by atoms with E-state index in [2.05, 4.69) is 62.8 Å². The Bertz CT molecular complexity index is 536. The number of hydrogen-bond acceptors (Lipinski definition) is 2. The monoisotopic (exact) mass is 228 g/mol. The maximum absolute atomic E-state index is 4.44. The van der Waals surface area contributed by atoms with Gasteiger partial charge in [-0.15, -0.1) is 0 Å². The Hall–Kier alpha value is -1.44. The summed E-state index contributed by atoms with van der Waals surface area (Å²) in [5, 5.41) is 1.17. The van der Waals surface area contributed by atoms with Crippen molar-refractivity contribution in [2.24, 2.45) is 0 Å². The Morgan fingerprint density at radius 2 is 1.76 bits per heavy atom. The predicted molar refractivity (Wildman–Crippen MR) is 72.3 cm³/mol. The van der Waals surface area contributed by atoms with Crippen LogP contribution in [0.15, 0.2) is 24.5 Å². The number of fused-ring (bicyclic) bond motifs is 1. The van der Waals surface area contributed by atoms with Crippen LogP contribution in [-0.2, 0) is 5.41 Å². The van der Waals surface area contributed by atoms with Gasteiger partial charge < -0.3 is 0 Å². The second kappa shape index (κ2) is 4.10. The highest BCUT2D eigenvalue weighted by Crippen LogP contribution is 2.28. The van der Waals surface area contributed by atoms with E-state index in [1.807, 2.05) is 0 Å². The van der Waals surface area contributed by atoms with Crippen molar-refractivity contribution in [3.63, 3.8) is 0 Å². The summed E-state index contributed by atoms with van der Waals surface area (Å²) in [5.74, 6) is 0.535. The fourth-order valence-electron chi connectivity index (χ4n) is 2.03. The summed E-state index contributed by atoms with van der Waals surface area (Å²) in [6, 6.07) is 6.52. The predicted octanol–water partition coefficient (Wildman–Crippen LogP) is 4.05. The van der Waals surface area contributed by atoms with Gasteiger partial charge in [0.15, 0.2) is 0 Å². The van der Waals surface area contributed by atoms with Crippen LogP contribution in [0.4, 0.5) is 0 Å². The van der Waals surface area contributed by atoms with Gasteiger partial charge in [-0.2, -0.15) is 0 Å². The lowest BCUT2D eigenvalue weighted by molar-refractivity contribution is 0.574. The van der Waals surface area contributed by atoms with Gasteiger partial charge in [-0.1, -0.05) is 46.8 Å². The first-order chi connectivity index (χ1) is 7.89. The smallest absolute Gasteiger partial charge is 0.116 e. The molecule has 0 spiro atoms. The minimum Gasteiger partial charge on any atom is -0.240 e. The van der Waals surface area contributed by atoms with Crippen LogP contribution in [0.25, 0.3) is 10.9 Å².